The quantitative estimate of drug-likeness (QED) is 0.875. The summed E-state index contributed by atoms with van der Waals surface area (Å²) in [6, 6.07) is 5.66. The van der Waals surface area contributed by atoms with Gasteiger partial charge in [0, 0.05) is 5.69 Å². The van der Waals surface area contributed by atoms with Crippen LogP contribution in [0, 0.1) is 13.8 Å². The van der Waals surface area contributed by atoms with Crippen LogP contribution in [0.25, 0.3) is 0 Å². The maximum absolute atomic E-state index is 12.1. The van der Waals surface area contributed by atoms with Crippen molar-refractivity contribution in [1.82, 2.24) is 25.7 Å². The molecular formula is C13H17N5O. The van der Waals surface area contributed by atoms with Gasteiger partial charge in [-0.3, -0.25) is 9.78 Å². The summed E-state index contributed by atoms with van der Waals surface area (Å²) in [5.74, 6) is -0.235. The summed E-state index contributed by atoms with van der Waals surface area (Å²) < 4.78 is 0. The second-order valence-electron chi connectivity index (χ2n) is 4.40. The Balaban J connectivity index is 2.16. The van der Waals surface area contributed by atoms with E-state index in [4.69, 9.17) is 0 Å². The molecule has 0 aromatic carbocycles. The van der Waals surface area contributed by atoms with Crippen LogP contribution in [0.1, 0.15) is 47.0 Å². The Bertz CT molecular complexity index is 578. The van der Waals surface area contributed by atoms with Crippen LogP contribution in [-0.4, -0.2) is 26.3 Å². The van der Waals surface area contributed by atoms with E-state index in [0.717, 1.165) is 17.8 Å². The van der Waals surface area contributed by atoms with Gasteiger partial charge in [0.25, 0.3) is 5.91 Å². The number of aromatic amines is 1. The number of aromatic nitrogens is 4. The van der Waals surface area contributed by atoms with Gasteiger partial charge in [0.05, 0.1) is 17.4 Å². The second kappa shape index (κ2) is 5.60. The molecule has 2 aromatic heterocycles. The lowest BCUT2D eigenvalue weighted by atomic mass is 10.1. The summed E-state index contributed by atoms with van der Waals surface area (Å²) in [5, 5.41) is 13.1. The fraction of sp³-hybridized carbons (Fsp3) is 0.385. The van der Waals surface area contributed by atoms with Crippen molar-refractivity contribution in [3.8, 4) is 0 Å². The van der Waals surface area contributed by atoms with E-state index in [0.29, 0.717) is 11.4 Å². The van der Waals surface area contributed by atoms with Crippen LogP contribution < -0.4 is 5.32 Å². The molecule has 6 nitrogen and oxygen atoms in total. The standard InChI is InChI=1S/C13H17N5O/c1-4-10(11-7-5-6-8(2)14-11)15-13(19)12-9(3)16-18-17-12/h5-7,10H,4H2,1-3H3,(H,15,19)(H,16,17,18)/t10-/m0/s1. The number of pyridine rings is 1. The number of H-pyrrole nitrogens is 1. The van der Waals surface area contributed by atoms with Crippen LogP contribution in [0.3, 0.4) is 0 Å². The minimum absolute atomic E-state index is 0.122. The molecule has 19 heavy (non-hydrogen) atoms. The van der Waals surface area contributed by atoms with Gasteiger partial charge in [-0.05, 0) is 32.4 Å². The molecule has 1 amide bonds. The van der Waals surface area contributed by atoms with E-state index in [1.165, 1.54) is 0 Å². The summed E-state index contributed by atoms with van der Waals surface area (Å²) in [6.07, 6.45) is 0.763. The fourth-order valence-corrected chi connectivity index (χ4v) is 1.87. The summed E-state index contributed by atoms with van der Waals surface area (Å²) in [7, 11) is 0. The van der Waals surface area contributed by atoms with Crippen molar-refractivity contribution in [2.75, 3.05) is 0 Å². The van der Waals surface area contributed by atoms with Crippen molar-refractivity contribution < 1.29 is 4.79 Å². The Hall–Kier alpha value is -2.24. The lowest BCUT2D eigenvalue weighted by molar-refractivity contribution is 0.0929. The highest BCUT2D eigenvalue weighted by Crippen LogP contribution is 2.15. The number of amides is 1. The molecule has 0 unspecified atom stereocenters. The van der Waals surface area contributed by atoms with E-state index in [1.807, 2.05) is 32.0 Å². The lowest BCUT2D eigenvalue weighted by Crippen LogP contribution is -2.29. The largest absolute Gasteiger partial charge is 0.342 e. The van der Waals surface area contributed by atoms with Gasteiger partial charge in [0.15, 0.2) is 5.69 Å². The van der Waals surface area contributed by atoms with E-state index in [9.17, 15) is 4.79 Å². The van der Waals surface area contributed by atoms with Crippen molar-refractivity contribution in [2.24, 2.45) is 0 Å². The Morgan fingerprint density at radius 2 is 2.16 bits per heavy atom. The van der Waals surface area contributed by atoms with Gasteiger partial charge < -0.3 is 5.32 Å². The number of rotatable bonds is 4. The number of carbonyl (C=O) groups is 1. The first kappa shape index (κ1) is 13.2. The van der Waals surface area contributed by atoms with Crippen LogP contribution in [0.5, 0.6) is 0 Å². The van der Waals surface area contributed by atoms with Crippen molar-refractivity contribution in [3.05, 3.63) is 41.0 Å². The molecule has 1 atom stereocenters. The van der Waals surface area contributed by atoms with Crippen LogP contribution in [0.4, 0.5) is 0 Å². The number of hydrogen-bond acceptors (Lipinski definition) is 4. The third-order valence-corrected chi connectivity index (χ3v) is 2.92. The third-order valence-electron chi connectivity index (χ3n) is 2.92. The molecule has 0 fully saturated rings. The minimum Gasteiger partial charge on any atom is -0.342 e. The van der Waals surface area contributed by atoms with Crippen molar-refractivity contribution >= 4 is 5.91 Å². The van der Waals surface area contributed by atoms with Crippen molar-refractivity contribution in [3.63, 3.8) is 0 Å². The number of hydrogen-bond donors (Lipinski definition) is 2. The maximum Gasteiger partial charge on any atom is 0.274 e. The first-order valence-corrected chi connectivity index (χ1v) is 6.23. The predicted octanol–water partition coefficient (Wildman–Crippen LogP) is 1.70. The van der Waals surface area contributed by atoms with Crippen LogP contribution in [0.15, 0.2) is 18.2 Å². The van der Waals surface area contributed by atoms with Crippen LogP contribution in [0.2, 0.25) is 0 Å². The first-order chi connectivity index (χ1) is 9.11. The van der Waals surface area contributed by atoms with Gasteiger partial charge in [0.1, 0.15) is 0 Å². The molecule has 2 N–H and O–H groups in total. The smallest absolute Gasteiger partial charge is 0.274 e. The van der Waals surface area contributed by atoms with E-state index in [2.05, 4.69) is 25.7 Å². The zero-order chi connectivity index (χ0) is 13.8. The lowest BCUT2D eigenvalue weighted by Gasteiger charge is -2.16. The highest BCUT2D eigenvalue weighted by molar-refractivity contribution is 5.93. The molecule has 0 bridgehead atoms. The molecule has 2 heterocycles. The molecule has 0 aliphatic heterocycles. The molecular weight excluding hydrogens is 242 g/mol. The van der Waals surface area contributed by atoms with Gasteiger partial charge in [-0.25, -0.2) is 0 Å². The van der Waals surface area contributed by atoms with Crippen molar-refractivity contribution in [2.45, 2.75) is 33.2 Å². The molecule has 0 aliphatic carbocycles. The zero-order valence-electron chi connectivity index (χ0n) is 11.3. The van der Waals surface area contributed by atoms with Gasteiger partial charge >= 0.3 is 0 Å². The molecule has 0 saturated carbocycles. The fourth-order valence-electron chi connectivity index (χ4n) is 1.87. The Labute approximate surface area is 111 Å². The highest BCUT2D eigenvalue weighted by atomic mass is 16.2. The van der Waals surface area contributed by atoms with Crippen molar-refractivity contribution in [1.29, 1.82) is 0 Å². The van der Waals surface area contributed by atoms with E-state index >= 15 is 0 Å². The average molecular weight is 259 g/mol. The number of carbonyl (C=O) groups excluding carboxylic acids is 1. The Morgan fingerprint density at radius 1 is 1.37 bits per heavy atom. The topological polar surface area (TPSA) is 83.6 Å². The highest BCUT2D eigenvalue weighted by Gasteiger charge is 2.18. The predicted molar refractivity (Wildman–Crippen MR) is 70.6 cm³/mol. The zero-order valence-corrected chi connectivity index (χ0v) is 11.3. The minimum atomic E-state index is -0.235. The van der Waals surface area contributed by atoms with Gasteiger partial charge in [-0.1, -0.05) is 13.0 Å². The van der Waals surface area contributed by atoms with E-state index < -0.39 is 0 Å². The summed E-state index contributed by atoms with van der Waals surface area (Å²) in [5.41, 5.74) is 2.70. The molecule has 0 aliphatic rings. The first-order valence-electron chi connectivity index (χ1n) is 6.23. The molecule has 100 valence electrons. The number of aryl methyl sites for hydroxylation is 2. The monoisotopic (exact) mass is 259 g/mol. The summed E-state index contributed by atoms with van der Waals surface area (Å²) in [6.45, 7) is 5.68. The van der Waals surface area contributed by atoms with Gasteiger partial charge in [0.2, 0.25) is 0 Å². The molecule has 0 saturated heterocycles. The molecule has 2 rings (SSSR count). The normalized spacial score (nSPS) is 12.2. The van der Waals surface area contributed by atoms with E-state index in [1.54, 1.807) is 6.92 Å². The number of nitrogens with zero attached hydrogens (tertiary/aromatic N) is 3. The SMILES string of the molecule is CC[C@H](NC(=O)c1n[nH]nc1C)c1cccc(C)n1. The van der Waals surface area contributed by atoms with E-state index in [-0.39, 0.29) is 11.9 Å². The Kier molecular flexibility index (Phi) is 3.89. The van der Waals surface area contributed by atoms with Crippen LogP contribution >= 0.6 is 0 Å². The molecule has 0 spiro atoms. The average Bonchev–Trinajstić information content (AvgIpc) is 2.82. The third kappa shape index (κ3) is 2.96. The maximum atomic E-state index is 12.1. The summed E-state index contributed by atoms with van der Waals surface area (Å²) in [4.78, 5) is 16.5. The molecule has 2 aromatic rings. The number of nitrogens with one attached hydrogen (secondary N) is 2. The van der Waals surface area contributed by atoms with Gasteiger partial charge in [-0.15, -0.1) is 0 Å². The Morgan fingerprint density at radius 3 is 2.74 bits per heavy atom. The summed E-state index contributed by atoms with van der Waals surface area (Å²) >= 11 is 0. The van der Waals surface area contributed by atoms with Crippen LogP contribution in [-0.2, 0) is 0 Å². The molecule has 0 radical (unpaired) electrons. The molecule has 6 heteroatoms. The van der Waals surface area contributed by atoms with Gasteiger partial charge in [-0.2, -0.15) is 15.4 Å². The second-order valence-corrected chi connectivity index (χ2v) is 4.40.